The van der Waals surface area contributed by atoms with Crippen molar-refractivity contribution in [2.75, 3.05) is 19.6 Å². The van der Waals surface area contributed by atoms with Gasteiger partial charge >= 0.3 is 0 Å². The lowest BCUT2D eigenvalue weighted by atomic mass is 9.96. The fraction of sp³-hybridized carbons (Fsp3) is 0.526. The molecule has 1 aromatic carbocycles. The number of rotatable bonds is 4. The Labute approximate surface area is 159 Å². The Morgan fingerprint density at radius 1 is 1.38 bits per heavy atom. The van der Waals surface area contributed by atoms with E-state index in [1.54, 1.807) is 6.33 Å². The molecule has 2 fully saturated rings. The van der Waals surface area contributed by atoms with Crippen molar-refractivity contribution in [2.45, 2.75) is 44.1 Å². The first-order valence-corrected chi connectivity index (χ1v) is 9.79. The highest BCUT2D eigenvalue weighted by molar-refractivity contribution is 6.30. The van der Waals surface area contributed by atoms with E-state index in [9.17, 15) is 0 Å². The SMILES string of the molecule is CCN=C(NC1CC1c1cccc(Cl)c1)N1CCC(c2ncn[nH]2)CC1. The maximum absolute atomic E-state index is 6.13. The summed E-state index contributed by atoms with van der Waals surface area (Å²) in [6, 6.07) is 8.65. The topological polar surface area (TPSA) is 69.2 Å². The summed E-state index contributed by atoms with van der Waals surface area (Å²) in [7, 11) is 0. The fourth-order valence-corrected chi connectivity index (χ4v) is 3.99. The Kier molecular flexibility index (Phi) is 5.11. The summed E-state index contributed by atoms with van der Waals surface area (Å²) in [6.07, 6.45) is 4.87. The largest absolute Gasteiger partial charge is 0.353 e. The molecule has 138 valence electrons. The summed E-state index contributed by atoms with van der Waals surface area (Å²) in [6.45, 7) is 4.86. The molecule has 2 N–H and O–H groups in total. The highest BCUT2D eigenvalue weighted by Gasteiger charge is 2.40. The molecule has 26 heavy (non-hydrogen) atoms. The molecule has 7 heteroatoms. The van der Waals surface area contributed by atoms with Gasteiger partial charge in [0.25, 0.3) is 0 Å². The Bertz CT molecular complexity index is 751. The van der Waals surface area contributed by atoms with E-state index in [2.05, 4.69) is 44.5 Å². The maximum Gasteiger partial charge on any atom is 0.194 e. The van der Waals surface area contributed by atoms with Crippen molar-refractivity contribution >= 4 is 17.6 Å². The third-order valence-corrected chi connectivity index (χ3v) is 5.54. The minimum atomic E-state index is 0.450. The summed E-state index contributed by atoms with van der Waals surface area (Å²) in [4.78, 5) is 11.4. The molecule has 2 aromatic rings. The van der Waals surface area contributed by atoms with Crippen molar-refractivity contribution in [1.29, 1.82) is 0 Å². The van der Waals surface area contributed by atoms with E-state index in [-0.39, 0.29) is 0 Å². The molecule has 4 rings (SSSR count). The van der Waals surface area contributed by atoms with Crippen molar-refractivity contribution in [1.82, 2.24) is 25.4 Å². The zero-order chi connectivity index (χ0) is 17.9. The van der Waals surface area contributed by atoms with E-state index in [1.165, 1.54) is 5.56 Å². The molecule has 2 atom stereocenters. The third kappa shape index (κ3) is 3.85. The number of guanidine groups is 1. The third-order valence-electron chi connectivity index (χ3n) is 5.30. The van der Waals surface area contributed by atoms with Crippen LogP contribution in [-0.4, -0.2) is 51.7 Å². The molecule has 1 saturated heterocycles. The highest BCUT2D eigenvalue weighted by atomic mass is 35.5. The van der Waals surface area contributed by atoms with Gasteiger partial charge in [0.2, 0.25) is 0 Å². The van der Waals surface area contributed by atoms with Gasteiger partial charge in [-0.3, -0.25) is 10.1 Å². The molecule has 1 aliphatic heterocycles. The van der Waals surface area contributed by atoms with Crippen LogP contribution in [0.4, 0.5) is 0 Å². The van der Waals surface area contributed by atoms with E-state index in [1.807, 2.05) is 12.1 Å². The molecule has 1 aromatic heterocycles. The van der Waals surface area contributed by atoms with Crippen molar-refractivity contribution in [3.8, 4) is 0 Å². The minimum Gasteiger partial charge on any atom is -0.353 e. The first-order valence-electron chi connectivity index (χ1n) is 9.41. The van der Waals surface area contributed by atoms with Gasteiger partial charge in [0.1, 0.15) is 12.2 Å². The van der Waals surface area contributed by atoms with Gasteiger partial charge in [0, 0.05) is 42.5 Å². The van der Waals surface area contributed by atoms with Gasteiger partial charge < -0.3 is 10.2 Å². The van der Waals surface area contributed by atoms with E-state index in [4.69, 9.17) is 16.6 Å². The number of hydrogen-bond acceptors (Lipinski definition) is 3. The predicted molar refractivity (Wildman–Crippen MR) is 104 cm³/mol. The lowest BCUT2D eigenvalue weighted by Crippen LogP contribution is -2.46. The van der Waals surface area contributed by atoms with Gasteiger partial charge in [-0.2, -0.15) is 5.10 Å². The van der Waals surface area contributed by atoms with Crippen LogP contribution in [0.1, 0.15) is 49.4 Å². The number of H-pyrrole nitrogens is 1. The summed E-state index contributed by atoms with van der Waals surface area (Å²) < 4.78 is 0. The molecule has 2 unspecified atom stereocenters. The van der Waals surface area contributed by atoms with Crippen molar-refractivity contribution < 1.29 is 0 Å². The second-order valence-electron chi connectivity index (χ2n) is 7.08. The van der Waals surface area contributed by atoms with Crippen LogP contribution in [0.5, 0.6) is 0 Å². The van der Waals surface area contributed by atoms with Gasteiger partial charge in [-0.1, -0.05) is 23.7 Å². The number of nitrogens with one attached hydrogen (secondary N) is 2. The van der Waals surface area contributed by atoms with E-state index in [0.717, 1.165) is 55.7 Å². The smallest absolute Gasteiger partial charge is 0.194 e. The highest BCUT2D eigenvalue weighted by Crippen LogP contribution is 2.41. The van der Waals surface area contributed by atoms with E-state index < -0.39 is 0 Å². The van der Waals surface area contributed by atoms with Crippen LogP contribution in [0.15, 0.2) is 35.6 Å². The Balaban J connectivity index is 1.35. The number of aliphatic imine (C=N–C) groups is 1. The molecule has 1 aliphatic carbocycles. The number of aromatic amines is 1. The first kappa shape index (κ1) is 17.3. The van der Waals surface area contributed by atoms with Crippen LogP contribution < -0.4 is 5.32 Å². The standard InChI is InChI=1S/C19H25ClN6/c1-2-21-19(24-17-11-16(17)14-4-3-5-15(20)10-14)26-8-6-13(7-9-26)18-22-12-23-25-18/h3-5,10,12-13,16-17H,2,6-9,11H2,1H3,(H,21,24)(H,22,23,25). The second-order valence-corrected chi connectivity index (χ2v) is 7.51. The lowest BCUT2D eigenvalue weighted by Gasteiger charge is -2.33. The number of piperidine rings is 1. The van der Waals surface area contributed by atoms with Crippen LogP contribution in [-0.2, 0) is 0 Å². The first-order chi connectivity index (χ1) is 12.7. The second kappa shape index (κ2) is 7.66. The number of benzene rings is 1. The average Bonchev–Trinajstić information content (AvgIpc) is 3.21. The van der Waals surface area contributed by atoms with Gasteiger partial charge in [0.05, 0.1) is 0 Å². The molecule has 0 radical (unpaired) electrons. The fourth-order valence-electron chi connectivity index (χ4n) is 3.79. The van der Waals surface area contributed by atoms with Gasteiger partial charge in [-0.15, -0.1) is 0 Å². The van der Waals surface area contributed by atoms with Gasteiger partial charge in [0.15, 0.2) is 5.96 Å². The number of aromatic nitrogens is 3. The maximum atomic E-state index is 6.13. The van der Waals surface area contributed by atoms with Crippen LogP contribution >= 0.6 is 11.6 Å². The zero-order valence-electron chi connectivity index (χ0n) is 15.0. The average molecular weight is 373 g/mol. The zero-order valence-corrected chi connectivity index (χ0v) is 15.8. The Morgan fingerprint density at radius 3 is 2.92 bits per heavy atom. The van der Waals surface area contributed by atoms with Crippen molar-refractivity contribution in [3.63, 3.8) is 0 Å². The molecular weight excluding hydrogens is 348 g/mol. The normalized spacial score (nSPS) is 23.9. The molecule has 0 bridgehead atoms. The van der Waals surface area contributed by atoms with E-state index in [0.29, 0.717) is 17.9 Å². The Morgan fingerprint density at radius 2 is 2.23 bits per heavy atom. The number of nitrogens with zero attached hydrogens (tertiary/aromatic N) is 4. The molecule has 0 spiro atoms. The lowest BCUT2D eigenvalue weighted by molar-refractivity contribution is 0.298. The van der Waals surface area contributed by atoms with Crippen LogP contribution in [0.2, 0.25) is 5.02 Å². The monoisotopic (exact) mass is 372 g/mol. The molecular formula is C19H25ClN6. The summed E-state index contributed by atoms with van der Waals surface area (Å²) in [5, 5.41) is 11.5. The van der Waals surface area contributed by atoms with Crippen molar-refractivity contribution in [3.05, 3.63) is 47.0 Å². The molecule has 0 amide bonds. The molecule has 2 heterocycles. The number of hydrogen-bond donors (Lipinski definition) is 2. The molecule has 2 aliphatic rings. The predicted octanol–water partition coefficient (Wildman–Crippen LogP) is 3.16. The van der Waals surface area contributed by atoms with Gasteiger partial charge in [-0.05, 0) is 43.9 Å². The summed E-state index contributed by atoms with van der Waals surface area (Å²) >= 11 is 6.13. The van der Waals surface area contributed by atoms with E-state index >= 15 is 0 Å². The van der Waals surface area contributed by atoms with Crippen LogP contribution in [0.25, 0.3) is 0 Å². The van der Waals surface area contributed by atoms with Crippen LogP contribution in [0.3, 0.4) is 0 Å². The summed E-state index contributed by atoms with van der Waals surface area (Å²) in [5.74, 6) is 3.05. The van der Waals surface area contributed by atoms with Crippen molar-refractivity contribution in [2.24, 2.45) is 4.99 Å². The summed E-state index contributed by atoms with van der Waals surface area (Å²) in [5.41, 5.74) is 1.31. The molecule has 6 nitrogen and oxygen atoms in total. The quantitative estimate of drug-likeness (QED) is 0.639. The number of likely N-dealkylation sites (tertiary alicyclic amines) is 1. The molecule has 1 saturated carbocycles. The van der Waals surface area contributed by atoms with Crippen LogP contribution in [0, 0.1) is 0 Å². The number of halogens is 1. The minimum absolute atomic E-state index is 0.450. The Hall–Kier alpha value is -2.08. The van der Waals surface area contributed by atoms with Gasteiger partial charge in [-0.25, -0.2) is 4.98 Å².